The fourth-order valence-corrected chi connectivity index (χ4v) is 1.33. The maximum absolute atomic E-state index is 12.9. The van der Waals surface area contributed by atoms with Crippen LogP contribution in [-0.2, 0) is 4.74 Å². The second kappa shape index (κ2) is 3.94. The SMILES string of the molecule is COC(C)c1cc(N)c(F)cc1Cl. The molecule has 0 aliphatic carbocycles. The lowest BCUT2D eigenvalue weighted by Gasteiger charge is -2.12. The van der Waals surface area contributed by atoms with Crippen LogP contribution < -0.4 is 5.73 Å². The minimum Gasteiger partial charge on any atom is -0.396 e. The maximum atomic E-state index is 12.9. The van der Waals surface area contributed by atoms with Crippen LogP contribution in [-0.4, -0.2) is 7.11 Å². The predicted octanol–water partition coefficient (Wildman–Crippen LogP) is 2.77. The Morgan fingerprint density at radius 3 is 2.69 bits per heavy atom. The average molecular weight is 204 g/mol. The van der Waals surface area contributed by atoms with Crippen molar-refractivity contribution in [3.63, 3.8) is 0 Å². The van der Waals surface area contributed by atoms with Gasteiger partial charge in [0.1, 0.15) is 5.82 Å². The normalized spacial score (nSPS) is 12.9. The number of halogens is 2. The third kappa shape index (κ3) is 2.11. The van der Waals surface area contributed by atoms with Crippen molar-refractivity contribution in [2.24, 2.45) is 0 Å². The molecule has 0 aliphatic rings. The van der Waals surface area contributed by atoms with Crippen molar-refractivity contribution in [1.29, 1.82) is 0 Å². The third-order valence-electron chi connectivity index (χ3n) is 1.91. The Hall–Kier alpha value is -0.800. The van der Waals surface area contributed by atoms with E-state index in [0.717, 1.165) is 0 Å². The molecule has 0 heterocycles. The van der Waals surface area contributed by atoms with E-state index in [1.807, 2.05) is 6.92 Å². The van der Waals surface area contributed by atoms with Crippen LogP contribution in [0.1, 0.15) is 18.6 Å². The van der Waals surface area contributed by atoms with Gasteiger partial charge in [0, 0.05) is 17.7 Å². The summed E-state index contributed by atoms with van der Waals surface area (Å²) in [6.07, 6.45) is -0.185. The van der Waals surface area contributed by atoms with Gasteiger partial charge in [0.15, 0.2) is 0 Å². The summed E-state index contributed by atoms with van der Waals surface area (Å²) in [5, 5.41) is 0.334. The van der Waals surface area contributed by atoms with E-state index in [1.54, 1.807) is 7.11 Å². The first-order valence-electron chi connectivity index (χ1n) is 3.83. The van der Waals surface area contributed by atoms with Crippen molar-refractivity contribution in [2.45, 2.75) is 13.0 Å². The van der Waals surface area contributed by atoms with Crippen LogP contribution in [0.3, 0.4) is 0 Å². The molecule has 0 aromatic heterocycles. The van der Waals surface area contributed by atoms with Gasteiger partial charge in [-0.3, -0.25) is 0 Å². The Morgan fingerprint density at radius 2 is 2.15 bits per heavy atom. The molecule has 1 aromatic rings. The van der Waals surface area contributed by atoms with Gasteiger partial charge in [-0.2, -0.15) is 0 Å². The van der Waals surface area contributed by atoms with Crippen LogP contribution in [0, 0.1) is 5.82 Å². The van der Waals surface area contributed by atoms with Gasteiger partial charge in [-0.15, -0.1) is 0 Å². The molecule has 2 N–H and O–H groups in total. The molecule has 1 rings (SSSR count). The Kier molecular flexibility index (Phi) is 3.12. The average Bonchev–Trinajstić information content (AvgIpc) is 2.10. The van der Waals surface area contributed by atoms with Crippen LogP contribution in [0.2, 0.25) is 5.02 Å². The van der Waals surface area contributed by atoms with Gasteiger partial charge in [-0.05, 0) is 19.1 Å². The molecule has 0 spiro atoms. The van der Waals surface area contributed by atoms with E-state index in [2.05, 4.69) is 0 Å². The van der Waals surface area contributed by atoms with Crippen LogP contribution in [0.4, 0.5) is 10.1 Å². The molecule has 72 valence electrons. The fraction of sp³-hybridized carbons (Fsp3) is 0.333. The summed E-state index contributed by atoms with van der Waals surface area (Å²) in [5.74, 6) is -0.503. The summed E-state index contributed by atoms with van der Waals surface area (Å²) in [5.41, 5.74) is 6.18. The number of benzene rings is 1. The fourth-order valence-electron chi connectivity index (χ4n) is 1.02. The van der Waals surface area contributed by atoms with E-state index in [1.165, 1.54) is 12.1 Å². The van der Waals surface area contributed by atoms with Gasteiger partial charge in [0.05, 0.1) is 11.8 Å². The lowest BCUT2D eigenvalue weighted by Crippen LogP contribution is -2.00. The number of nitrogens with two attached hydrogens (primary N) is 1. The van der Waals surface area contributed by atoms with Crippen LogP contribution >= 0.6 is 11.6 Å². The van der Waals surface area contributed by atoms with Crippen molar-refractivity contribution >= 4 is 17.3 Å². The summed E-state index contributed by atoms with van der Waals surface area (Å²) in [6, 6.07) is 2.69. The highest BCUT2D eigenvalue weighted by Crippen LogP contribution is 2.28. The highest BCUT2D eigenvalue weighted by atomic mass is 35.5. The first kappa shape index (κ1) is 10.3. The number of ether oxygens (including phenoxy) is 1. The van der Waals surface area contributed by atoms with Gasteiger partial charge in [-0.25, -0.2) is 4.39 Å². The van der Waals surface area contributed by atoms with Crippen LogP contribution in [0.5, 0.6) is 0 Å². The summed E-state index contributed by atoms with van der Waals surface area (Å²) in [7, 11) is 1.56. The van der Waals surface area contributed by atoms with Crippen molar-refractivity contribution in [3.05, 3.63) is 28.5 Å². The molecular weight excluding hydrogens is 193 g/mol. The van der Waals surface area contributed by atoms with Gasteiger partial charge >= 0.3 is 0 Å². The van der Waals surface area contributed by atoms with Crippen molar-refractivity contribution in [2.75, 3.05) is 12.8 Å². The molecule has 0 radical (unpaired) electrons. The molecule has 4 heteroatoms. The van der Waals surface area contributed by atoms with Crippen molar-refractivity contribution in [3.8, 4) is 0 Å². The molecule has 1 aromatic carbocycles. The Bertz CT molecular complexity index is 317. The van der Waals surface area contributed by atoms with Gasteiger partial charge in [-0.1, -0.05) is 11.6 Å². The number of rotatable bonds is 2. The van der Waals surface area contributed by atoms with Gasteiger partial charge in [0.2, 0.25) is 0 Å². The molecule has 0 amide bonds. The molecule has 0 saturated heterocycles. The minimum absolute atomic E-state index is 0.0864. The van der Waals surface area contributed by atoms with Gasteiger partial charge < -0.3 is 10.5 Å². The Morgan fingerprint density at radius 1 is 1.54 bits per heavy atom. The van der Waals surface area contributed by atoms with Crippen molar-refractivity contribution in [1.82, 2.24) is 0 Å². The van der Waals surface area contributed by atoms with Crippen LogP contribution in [0.15, 0.2) is 12.1 Å². The summed E-state index contributed by atoms with van der Waals surface area (Å²) >= 11 is 5.80. The molecule has 2 nitrogen and oxygen atoms in total. The smallest absolute Gasteiger partial charge is 0.147 e. The number of methoxy groups -OCH3 is 1. The first-order chi connectivity index (χ1) is 6.06. The quantitative estimate of drug-likeness (QED) is 0.751. The van der Waals surface area contributed by atoms with E-state index in [9.17, 15) is 4.39 Å². The van der Waals surface area contributed by atoms with Crippen LogP contribution in [0.25, 0.3) is 0 Å². The first-order valence-corrected chi connectivity index (χ1v) is 4.21. The molecule has 0 bridgehead atoms. The number of hydrogen-bond donors (Lipinski definition) is 1. The highest BCUT2D eigenvalue weighted by molar-refractivity contribution is 6.31. The molecule has 1 unspecified atom stereocenters. The van der Waals surface area contributed by atoms with E-state index in [-0.39, 0.29) is 11.8 Å². The van der Waals surface area contributed by atoms with E-state index < -0.39 is 5.82 Å². The predicted molar refractivity (Wildman–Crippen MR) is 51.2 cm³/mol. The number of nitrogen functional groups attached to an aromatic ring is 1. The van der Waals surface area contributed by atoms with E-state index >= 15 is 0 Å². The van der Waals surface area contributed by atoms with Crippen molar-refractivity contribution < 1.29 is 9.13 Å². The summed E-state index contributed by atoms with van der Waals surface area (Å²) < 4.78 is 17.9. The second-order valence-corrected chi connectivity index (χ2v) is 3.18. The zero-order chi connectivity index (χ0) is 10.0. The summed E-state index contributed by atoms with van der Waals surface area (Å²) in [4.78, 5) is 0. The Labute approximate surface area is 81.4 Å². The zero-order valence-electron chi connectivity index (χ0n) is 7.47. The van der Waals surface area contributed by atoms with Gasteiger partial charge in [0.25, 0.3) is 0 Å². The number of hydrogen-bond acceptors (Lipinski definition) is 2. The molecule has 0 saturated carbocycles. The van der Waals surface area contributed by atoms with E-state index in [4.69, 9.17) is 22.1 Å². The molecule has 0 aliphatic heterocycles. The Balaban J connectivity index is 3.15. The molecule has 13 heavy (non-hydrogen) atoms. The molecule has 1 atom stereocenters. The largest absolute Gasteiger partial charge is 0.396 e. The molecule has 0 fully saturated rings. The highest BCUT2D eigenvalue weighted by Gasteiger charge is 2.11. The van der Waals surface area contributed by atoms with E-state index in [0.29, 0.717) is 10.6 Å². The second-order valence-electron chi connectivity index (χ2n) is 2.77. The standard InChI is InChI=1S/C9H11ClFNO/c1-5(13-2)6-3-9(12)8(11)4-7(6)10/h3-5H,12H2,1-2H3. The molecular formula is C9H11ClFNO. The maximum Gasteiger partial charge on any atom is 0.147 e. The number of anilines is 1. The third-order valence-corrected chi connectivity index (χ3v) is 2.23. The lowest BCUT2D eigenvalue weighted by molar-refractivity contribution is 0.119. The minimum atomic E-state index is -0.503. The lowest BCUT2D eigenvalue weighted by atomic mass is 10.1. The summed E-state index contributed by atoms with van der Waals surface area (Å²) in [6.45, 7) is 1.82. The topological polar surface area (TPSA) is 35.2 Å². The monoisotopic (exact) mass is 203 g/mol. The zero-order valence-corrected chi connectivity index (χ0v) is 8.23.